The maximum atomic E-state index is 12.6. The highest BCUT2D eigenvalue weighted by Gasteiger charge is 2.33. The zero-order chi connectivity index (χ0) is 13.6. The van der Waals surface area contributed by atoms with Crippen LogP contribution in [0.5, 0.6) is 5.75 Å². The third-order valence-electron chi connectivity index (χ3n) is 3.63. The van der Waals surface area contributed by atoms with Gasteiger partial charge in [0.25, 0.3) is 0 Å². The molecule has 3 nitrogen and oxygen atoms in total. The van der Waals surface area contributed by atoms with Gasteiger partial charge in [-0.25, -0.2) is 0 Å². The number of ketones is 1. The number of hydrogen-bond donors (Lipinski definition) is 1. The summed E-state index contributed by atoms with van der Waals surface area (Å²) in [6, 6.07) is 7.36. The van der Waals surface area contributed by atoms with Gasteiger partial charge in [0.1, 0.15) is 5.75 Å². The molecule has 0 saturated carbocycles. The standard InChI is InChI=1S/C15H23NO2/c1-4-15(5-2,11-16)14(17)12-8-7-9-13(10-12)18-6-3/h7-10H,4-6,11,16H2,1-3H3. The van der Waals surface area contributed by atoms with E-state index >= 15 is 0 Å². The zero-order valence-corrected chi connectivity index (χ0v) is 11.5. The summed E-state index contributed by atoms with van der Waals surface area (Å²) < 4.78 is 5.43. The summed E-state index contributed by atoms with van der Waals surface area (Å²) in [5, 5.41) is 0. The Morgan fingerprint density at radius 3 is 2.44 bits per heavy atom. The molecule has 100 valence electrons. The molecular weight excluding hydrogens is 226 g/mol. The van der Waals surface area contributed by atoms with Crippen molar-refractivity contribution in [2.75, 3.05) is 13.2 Å². The Morgan fingerprint density at radius 1 is 1.28 bits per heavy atom. The first-order valence-corrected chi connectivity index (χ1v) is 6.61. The molecule has 3 heteroatoms. The second-order valence-electron chi connectivity index (χ2n) is 4.48. The predicted molar refractivity (Wildman–Crippen MR) is 74.0 cm³/mol. The first kappa shape index (κ1) is 14.7. The minimum Gasteiger partial charge on any atom is -0.494 e. The van der Waals surface area contributed by atoms with Gasteiger partial charge in [-0.1, -0.05) is 26.0 Å². The number of carbonyl (C=O) groups excluding carboxylic acids is 1. The van der Waals surface area contributed by atoms with Crippen molar-refractivity contribution in [1.29, 1.82) is 0 Å². The molecule has 0 atom stereocenters. The van der Waals surface area contributed by atoms with Gasteiger partial charge in [0.2, 0.25) is 0 Å². The van der Waals surface area contributed by atoms with Crippen molar-refractivity contribution >= 4 is 5.78 Å². The van der Waals surface area contributed by atoms with Gasteiger partial charge in [-0.15, -0.1) is 0 Å². The maximum Gasteiger partial charge on any atom is 0.170 e. The van der Waals surface area contributed by atoms with Crippen molar-refractivity contribution < 1.29 is 9.53 Å². The lowest BCUT2D eigenvalue weighted by atomic mass is 9.76. The summed E-state index contributed by atoms with van der Waals surface area (Å²) in [5.41, 5.74) is 6.06. The minimum atomic E-state index is -0.440. The van der Waals surface area contributed by atoms with Crippen LogP contribution in [0.25, 0.3) is 0 Å². The Balaban J connectivity index is 3.05. The summed E-state index contributed by atoms with van der Waals surface area (Å²) in [7, 11) is 0. The Kier molecular flexibility index (Phi) is 5.35. The van der Waals surface area contributed by atoms with E-state index < -0.39 is 5.41 Å². The van der Waals surface area contributed by atoms with E-state index in [1.165, 1.54) is 0 Å². The van der Waals surface area contributed by atoms with E-state index in [9.17, 15) is 4.79 Å². The maximum absolute atomic E-state index is 12.6. The first-order chi connectivity index (χ1) is 8.63. The molecule has 0 bridgehead atoms. The van der Waals surface area contributed by atoms with Gasteiger partial charge in [-0.3, -0.25) is 4.79 Å². The summed E-state index contributed by atoms with van der Waals surface area (Å²) >= 11 is 0. The normalized spacial score (nSPS) is 11.3. The molecule has 0 radical (unpaired) electrons. The lowest BCUT2D eigenvalue weighted by molar-refractivity contribution is 0.0787. The highest BCUT2D eigenvalue weighted by atomic mass is 16.5. The van der Waals surface area contributed by atoms with Crippen molar-refractivity contribution in [2.24, 2.45) is 11.1 Å². The molecule has 0 aliphatic carbocycles. The number of hydrogen-bond acceptors (Lipinski definition) is 3. The molecule has 0 saturated heterocycles. The van der Waals surface area contributed by atoms with E-state index in [0.717, 1.165) is 18.6 Å². The van der Waals surface area contributed by atoms with Crippen LogP contribution >= 0.6 is 0 Å². The van der Waals surface area contributed by atoms with Gasteiger partial charge >= 0.3 is 0 Å². The van der Waals surface area contributed by atoms with Crippen molar-refractivity contribution in [3.05, 3.63) is 29.8 Å². The van der Waals surface area contributed by atoms with Crippen LogP contribution in [0.15, 0.2) is 24.3 Å². The van der Waals surface area contributed by atoms with Gasteiger partial charge in [0.15, 0.2) is 5.78 Å². The summed E-state index contributed by atoms with van der Waals surface area (Å²) in [4.78, 5) is 12.6. The monoisotopic (exact) mass is 249 g/mol. The van der Waals surface area contributed by atoms with Crippen LogP contribution in [0, 0.1) is 5.41 Å². The van der Waals surface area contributed by atoms with Gasteiger partial charge in [-0.2, -0.15) is 0 Å². The van der Waals surface area contributed by atoms with Crippen molar-refractivity contribution in [3.8, 4) is 5.75 Å². The molecular formula is C15H23NO2. The molecule has 1 aromatic rings. The van der Waals surface area contributed by atoms with Crippen molar-refractivity contribution in [2.45, 2.75) is 33.6 Å². The van der Waals surface area contributed by atoms with E-state index in [1.54, 1.807) is 0 Å². The average Bonchev–Trinajstić information content (AvgIpc) is 2.42. The number of carbonyl (C=O) groups is 1. The lowest BCUT2D eigenvalue weighted by Crippen LogP contribution is -2.37. The Hall–Kier alpha value is -1.35. The second-order valence-corrected chi connectivity index (χ2v) is 4.48. The topological polar surface area (TPSA) is 52.3 Å². The molecule has 18 heavy (non-hydrogen) atoms. The van der Waals surface area contributed by atoms with E-state index in [-0.39, 0.29) is 5.78 Å². The van der Waals surface area contributed by atoms with Crippen LogP contribution in [0.1, 0.15) is 44.0 Å². The van der Waals surface area contributed by atoms with E-state index in [0.29, 0.717) is 18.7 Å². The molecule has 0 unspecified atom stereocenters. The molecule has 1 aromatic carbocycles. The lowest BCUT2D eigenvalue weighted by Gasteiger charge is -2.28. The van der Waals surface area contributed by atoms with Crippen LogP contribution in [-0.4, -0.2) is 18.9 Å². The fraction of sp³-hybridized carbons (Fsp3) is 0.533. The second kappa shape index (κ2) is 6.55. The van der Waals surface area contributed by atoms with Crippen LogP contribution in [0.2, 0.25) is 0 Å². The van der Waals surface area contributed by atoms with Crippen molar-refractivity contribution in [1.82, 2.24) is 0 Å². The molecule has 0 fully saturated rings. The predicted octanol–water partition coefficient (Wildman–Crippen LogP) is 3.03. The van der Waals surface area contributed by atoms with Gasteiger partial charge in [0, 0.05) is 17.5 Å². The summed E-state index contributed by atoms with van der Waals surface area (Å²) in [6.45, 7) is 6.94. The Labute approximate surface area is 109 Å². The highest BCUT2D eigenvalue weighted by molar-refractivity contribution is 6.01. The highest BCUT2D eigenvalue weighted by Crippen LogP contribution is 2.30. The van der Waals surface area contributed by atoms with Gasteiger partial charge in [0.05, 0.1) is 6.61 Å². The van der Waals surface area contributed by atoms with E-state index in [1.807, 2.05) is 45.0 Å². The van der Waals surface area contributed by atoms with Crippen molar-refractivity contribution in [3.63, 3.8) is 0 Å². The SMILES string of the molecule is CCOc1cccc(C(=O)C(CC)(CC)CN)c1. The molecule has 0 aliphatic rings. The van der Waals surface area contributed by atoms with E-state index in [2.05, 4.69) is 0 Å². The molecule has 2 N–H and O–H groups in total. The quantitative estimate of drug-likeness (QED) is 0.756. The van der Waals surface area contributed by atoms with Gasteiger partial charge < -0.3 is 10.5 Å². The smallest absolute Gasteiger partial charge is 0.170 e. The molecule has 0 aromatic heterocycles. The fourth-order valence-electron chi connectivity index (χ4n) is 2.15. The summed E-state index contributed by atoms with van der Waals surface area (Å²) in [6.07, 6.45) is 1.52. The first-order valence-electron chi connectivity index (χ1n) is 6.61. The number of nitrogens with two attached hydrogens (primary N) is 1. The molecule has 0 amide bonds. The molecule has 0 heterocycles. The average molecular weight is 249 g/mol. The Morgan fingerprint density at radius 2 is 1.94 bits per heavy atom. The fourth-order valence-corrected chi connectivity index (χ4v) is 2.15. The minimum absolute atomic E-state index is 0.122. The zero-order valence-electron chi connectivity index (χ0n) is 11.5. The van der Waals surface area contributed by atoms with Crippen LogP contribution < -0.4 is 10.5 Å². The number of Topliss-reactive ketones (excluding diaryl/α,β-unsaturated/α-hetero) is 1. The molecule has 0 spiro atoms. The van der Waals surface area contributed by atoms with Crippen LogP contribution in [0.3, 0.4) is 0 Å². The largest absolute Gasteiger partial charge is 0.494 e. The van der Waals surface area contributed by atoms with Gasteiger partial charge in [-0.05, 0) is 31.9 Å². The number of benzene rings is 1. The molecule has 1 rings (SSSR count). The third kappa shape index (κ3) is 2.91. The van der Waals surface area contributed by atoms with Crippen LogP contribution in [-0.2, 0) is 0 Å². The summed E-state index contributed by atoms with van der Waals surface area (Å²) in [5.74, 6) is 0.859. The number of ether oxygens (including phenoxy) is 1. The third-order valence-corrected chi connectivity index (χ3v) is 3.63. The Bertz CT molecular complexity index is 389. The molecule has 0 aliphatic heterocycles. The van der Waals surface area contributed by atoms with E-state index in [4.69, 9.17) is 10.5 Å². The number of rotatable bonds is 7. The van der Waals surface area contributed by atoms with Crippen LogP contribution in [0.4, 0.5) is 0 Å².